The van der Waals surface area contributed by atoms with Gasteiger partial charge in [-0.25, -0.2) is 9.97 Å². The number of hydrogen-bond donors (Lipinski definition) is 0. The van der Waals surface area contributed by atoms with Crippen molar-refractivity contribution in [3.05, 3.63) is 181 Å². The highest BCUT2D eigenvalue weighted by atomic mass is 15.0. The van der Waals surface area contributed by atoms with E-state index in [1.54, 1.807) is 0 Å². The molecule has 10 rings (SSSR count). The molecule has 0 atom stereocenters. The number of rotatable bonds is 5. The van der Waals surface area contributed by atoms with E-state index in [4.69, 9.17) is 9.97 Å². The zero-order valence-corrected chi connectivity index (χ0v) is 29.0. The molecular weight excluding hydrogens is 633 g/mol. The zero-order valence-electron chi connectivity index (χ0n) is 29.0. The maximum absolute atomic E-state index is 5.37. The van der Waals surface area contributed by atoms with Gasteiger partial charge in [-0.15, -0.1) is 0 Å². The third-order valence-electron chi connectivity index (χ3n) is 10.7. The van der Waals surface area contributed by atoms with Crippen LogP contribution in [0.2, 0.25) is 0 Å². The Morgan fingerprint density at radius 3 is 1.81 bits per heavy atom. The van der Waals surface area contributed by atoms with Crippen LogP contribution >= 0.6 is 0 Å². The number of pyridine rings is 1. The highest BCUT2D eigenvalue weighted by molar-refractivity contribution is 6.09. The molecule has 0 saturated heterocycles. The molecule has 1 aliphatic rings. The second-order valence-electron chi connectivity index (χ2n) is 14.1. The Morgan fingerprint density at radius 1 is 0.442 bits per heavy atom. The van der Waals surface area contributed by atoms with E-state index in [0.717, 1.165) is 55.9 Å². The number of nitrogens with zero attached hydrogens (tertiary/aromatic N) is 4. The van der Waals surface area contributed by atoms with Crippen LogP contribution in [-0.4, -0.2) is 19.5 Å². The summed E-state index contributed by atoms with van der Waals surface area (Å²) < 4.78 is 2.36. The molecule has 4 heteroatoms. The van der Waals surface area contributed by atoms with Crippen molar-refractivity contribution in [1.82, 2.24) is 19.5 Å². The molecule has 4 nitrogen and oxygen atoms in total. The topological polar surface area (TPSA) is 43.6 Å². The molecule has 0 spiro atoms. The second-order valence-corrected chi connectivity index (χ2v) is 14.1. The Bertz CT molecular complexity index is 2760. The van der Waals surface area contributed by atoms with Gasteiger partial charge in [0.1, 0.15) is 0 Å². The Kier molecular flexibility index (Phi) is 6.80. The van der Waals surface area contributed by atoms with Gasteiger partial charge in [-0.05, 0) is 88.0 Å². The average Bonchev–Trinajstić information content (AvgIpc) is 3.66. The molecule has 0 radical (unpaired) electrons. The van der Waals surface area contributed by atoms with Crippen LogP contribution in [-0.2, 0) is 5.41 Å². The molecule has 9 aromatic rings. The molecule has 3 aromatic heterocycles. The summed E-state index contributed by atoms with van der Waals surface area (Å²) in [5.41, 5.74) is 15.5. The van der Waals surface area contributed by atoms with Crippen molar-refractivity contribution in [2.24, 2.45) is 0 Å². The molecule has 1 aliphatic carbocycles. The lowest BCUT2D eigenvalue weighted by Crippen LogP contribution is -2.14. The quantitative estimate of drug-likeness (QED) is 0.184. The minimum Gasteiger partial charge on any atom is -0.309 e. The fourth-order valence-electron chi connectivity index (χ4n) is 8.13. The summed E-state index contributed by atoms with van der Waals surface area (Å²) in [5, 5.41) is 2.44. The van der Waals surface area contributed by atoms with Crippen LogP contribution in [0.15, 0.2) is 170 Å². The van der Waals surface area contributed by atoms with Crippen LogP contribution < -0.4 is 0 Å². The normalized spacial score (nSPS) is 13.0. The van der Waals surface area contributed by atoms with Gasteiger partial charge in [0.25, 0.3) is 0 Å². The summed E-state index contributed by atoms with van der Waals surface area (Å²) in [6, 6.07) is 56.2. The van der Waals surface area contributed by atoms with Crippen LogP contribution in [0.3, 0.4) is 0 Å². The van der Waals surface area contributed by atoms with Gasteiger partial charge in [-0.1, -0.05) is 117 Å². The van der Waals surface area contributed by atoms with E-state index in [9.17, 15) is 0 Å². The molecule has 3 heterocycles. The summed E-state index contributed by atoms with van der Waals surface area (Å²) in [7, 11) is 0. The van der Waals surface area contributed by atoms with Gasteiger partial charge >= 0.3 is 0 Å². The predicted octanol–water partition coefficient (Wildman–Crippen LogP) is 11.9. The SMILES string of the molecule is CC1(C)c2ccccc2-c2ccc(-c3cc(-c4ccccc4)nc(-c4cc(-c5ccncc5)cc(-n5c6ccccc6c6ccccc65)c4)n3)cc21. The monoisotopic (exact) mass is 666 g/mol. The Hall–Kier alpha value is -6.65. The van der Waals surface area contributed by atoms with E-state index in [0.29, 0.717) is 5.82 Å². The van der Waals surface area contributed by atoms with E-state index in [-0.39, 0.29) is 5.41 Å². The first-order valence-electron chi connectivity index (χ1n) is 17.8. The van der Waals surface area contributed by atoms with E-state index >= 15 is 0 Å². The van der Waals surface area contributed by atoms with Crippen molar-refractivity contribution in [3.63, 3.8) is 0 Å². The fraction of sp³-hybridized carbons (Fsp3) is 0.0625. The van der Waals surface area contributed by atoms with E-state index < -0.39 is 0 Å². The Morgan fingerprint density at radius 2 is 1.06 bits per heavy atom. The average molecular weight is 667 g/mol. The van der Waals surface area contributed by atoms with Crippen molar-refractivity contribution < 1.29 is 0 Å². The van der Waals surface area contributed by atoms with Crippen LogP contribution in [0.1, 0.15) is 25.0 Å². The Balaban J connectivity index is 1.21. The largest absolute Gasteiger partial charge is 0.309 e. The lowest BCUT2D eigenvalue weighted by molar-refractivity contribution is 0.660. The van der Waals surface area contributed by atoms with Gasteiger partial charge in [0, 0.05) is 51.0 Å². The summed E-state index contributed by atoms with van der Waals surface area (Å²) >= 11 is 0. The number of benzene rings is 6. The molecule has 52 heavy (non-hydrogen) atoms. The highest BCUT2D eigenvalue weighted by Crippen LogP contribution is 2.49. The predicted molar refractivity (Wildman–Crippen MR) is 213 cm³/mol. The first kappa shape index (κ1) is 30.2. The van der Waals surface area contributed by atoms with Crippen molar-refractivity contribution >= 4 is 21.8 Å². The minimum absolute atomic E-state index is 0.115. The lowest BCUT2D eigenvalue weighted by Gasteiger charge is -2.22. The molecular formula is C48H34N4. The summed E-state index contributed by atoms with van der Waals surface area (Å²) in [6.45, 7) is 4.64. The van der Waals surface area contributed by atoms with Gasteiger partial charge in [-0.3, -0.25) is 4.98 Å². The highest BCUT2D eigenvalue weighted by Gasteiger charge is 2.35. The first-order chi connectivity index (χ1) is 25.5. The maximum Gasteiger partial charge on any atom is 0.160 e. The molecule has 0 amide bonds. The molecule has 6 aromatic carbocycles. The number of hydrogen-bond acceptors (Lipinski definition) is 3. The zero-order chi connectivity index (χ0) is 34.8. The molecule has 0 saturated carbocycles. The summed E-state index contributed by atoms with van der Waals surface area (Å²) in [5.74, 6) is 0.678. The van der Waals surface area contributed by atoms with Gasteiger partial charge in [0.05, 0.1) is 22.4 Å². The molecule has 0 unspecified atom stereocenters. The molecule has 0 aliphatic heterocycles. The maximum atomic E-state index is 5.37. The molecule has 0 bridgehead atoms. The van der Waals surface area contributed by atoms with Gasteiger partial charge < -0.3 is 4.57 Å². The Labute approximate surface area is 302 Å². The van der Waals surface area contributed by atoms with Gasteiger partial charge in [-0.2, -0.15) is 0 Å². The first-order valence-corrected chi connectivity index (χ1v) is 17.8. The van der Waals surface area contributed by atoms with Gasteiger partial charge in [0.15, 0.2) is 5.82 Å². The van der Waals surface area contributed by atoms with Crippen molar-refractivity contribution in [2.45, 2.75) is 19.3 Å². The molecule has 0 N–H and O–H groups in total. The van der Waals surface area contributed by atoms with E-state index in [2.05, 4.69) is 175 Å². The van der Waals surface area contributed by atoms with Crippen LogP contribution in [0, 0.1) is 0 Å². The second kappa shape index (κ2) is 11.7. The van der Waals surface area contributed by atoms with E-state index in [1.807, 2.05) is 18.5 Å². The fourth-order valence-corrected chi connectivity index (χ4v) is 8.13. The van der Waals surface area contributed by atoms with Crippen LogP contribution in [0.5, 0.6) is 0 Å². The number of aromatic nitrogens is 4. The third kappa shape index (κ3) is 4.79. The van der Waals surface area contributed by atoms with Crippen molar-refractivity contribution in [1.29, 1.82) is 0 Å². The third-order valence-corrected chi connectivity index (χ3v) is 10.7. The van der Waals surface area contributed by atoms with Crippen molar-refractivity contribution in [2.75, 3.05) is 0 Å². The smallest absolute Gasteiger partial charge is 0.160 e. The standard InChI is InChI=1S/C48H34N4/c1-48(2)41-17-9-6-14-37(41)38-21-20-33(29-42(38)48)44-30-43(32-12-4-3-5-13-32)50-47(51-44)35-26-34(31-22-24-49-25-23-31)27-36(28-35)52-45-18-10-7-15-39(45)40-16-8-11-19-46(40)52/h3-30H,1-2H3. The van der Waals surface area contributed by atoms with E-state index in [1.165, 1.54) is 33.0 Å². The molecule has 246 valence electrons. The van der Waals surface area contributed by atoms with Gasteiger partial charge in [0.2, 0.25) is 0 Å². The minimum atomic E-state index is -0.115. The lowest BCUT2D eigenvalue weighted by atomic mass is 9.82. The summed E-state index contributed by atoms with van der Waals surface area (Å²) in [4.78, 5) is 15.0. The van der Waals surface area contributed by atoms with Crippen LogP contribution in [0.25, 0.3) is 83.6 Å². The van der Waals surface area contributed by atoms with Crippen LogP contribution in [0.4, 0.5) is 0 Å². The number of para-hydroxylation sites is 2. The van der Waals surface area contributed by atoms with Crippen molar-refractivity contribution in [3.8, 4) is 61.8 Å². The number of fused-ring (bicyclic) bond motifs is 6. The molecule has 0 fully saturated rings. The summed E-state index contributed by atoms with van der Waals surface area (Å²) in [6.07, 6.45) is 3.70.